The lowest BCUT2D eigenvalue weighted by Gasteiger charge is -2.07. The Bertz CT molecular complexity index is 595. The number of halogens is 3. The number of nitrogens with zero attached hydrogens (tertiary/aromatic N) is 2. The molecule has 2 rings (SSSR count). The Morgan fingerprint density at radius 1 is 1.29 bits per heavy atom. The Morgan fingerprint density at radius 3 is 2.59 bits per heavy atom. The molecule has 0 fully saturated rings. The highest BCUT2D eigenvalue weighted by Gasteiger charge is 2.30. The number of primary amides is 1. The van der Waals surface area contributed by atoms with Gasteiger partial charge in [-0.05, 0) is 18.2 Å². The third-order valence-electron chi connectivity index (χ3n) is 2.13. The van der Waals surface area contributed by atoms with E-state index in [9.17, 15) is 18.0 Å². The third-order valence-corrected chi connectivity index (χ3v) is 2.13. The van der Waals surface area contributed by atoms with Gasteiger partial charge >= 0.3 is 6.18 Å². The zero-order valence-corrected chi connectivity index (χ0v) is 8.32. The summed E-state index contributed by atoms with van der Waals surface area (Å²) in [5.41, 5.74) is 4.41. The fourth-order valence-corrected chi connectivity index (χ4v) is 1.33. The third kappa shape index (κ3) is 2.17. The SMILES string of the molecule is NC(=O)c1ncc2cc(C(F)(F)F)ccc2n1. The van der Waals surface area contributed by atoms with Crippen LogP contribution in [0.2, 0.25) is 0 Å². The summed E-state index contributed by atoms with van der Waals surface area (Å²) < 4.78 is 37.2. The van der Waals surface area contributed by atoms with E-state index in [2.05, 4.69) is 9.97 Å². The van der Waals surface area contributed by atoms with Crippen LogP contribution in [0.1, 0.15) is 16.2 Å². The molecule has 2 N–H and O–H groups in total. The summed E-state index contributed by atoms with van der Waals surface area (Å²) in [5.74, 6) is -1.05. The van der Waals surface area contributed by atoms with E-state index in [4.69, 9.17) is 5.73 Å². The van der Waals surface area contributed by atoms with Crippen LogP contribution < -0.4 is 5.73 Å². The number of hydrogen-bond acceptors (Lipinski definition) is 3. The number of nitrogens with two attached hydrogens (primary N) is 1. The van der Waals surface area contributed by atoms with Crippen molar-refractivity contribution in [2.24, 2.45) is 5.73 Å². The van der Waals surface area contributed by atoms with Crippen LogP contribution in [0.5, 0.6) is 0 Å². The minimum Gasteiger partial charge on any atom is -0.363 e. The topological polar surface area (TPSA) is 68.9 Å². The van der Waals surface area contributed by atoms with E-state index < -0.39 is 17.6 Å². The summed E-state index contributed by atoms with van der Waals surface area (Å²) in [6.45, 7) is 0. The molecule has 7 heteroatoms. The van der Waals surface area contributed by atoms with Gasteiger partial charge in [0.15, 0.2) is 0 Å². The largest absolute Gasteiger partial charge is 0.416 e. The van der Waals surface area contributed by atoms with Crippen molar-refractivity contribution >= 4 is 16.8 Å². The van der Waals surface area contributed by atoms with Gasteiger partial charge in [0.05, 0.1) is 11.1 Å². The number of carbonyl (C=O) groups is 1. The molecule has 0 saturated heterocycles. The summed E-state index contributed by atoms with van der Waals surface area (Å²) in [6.07, 6.45) is -3.28. The molecular weight excluding hydrogens is 235 g/mol. The van der Waals surface area contributed by atoms with E-state index in [1.165, 1.54) is 6.07 Å². The molecule has 0 spiro atoms. The van der Waals surface area contributed by atoms with Gasteiger partial charge in [-0.1, -0.05) is 0 Å². The van der Waals surface area contributed by atoms with Gasteiger partial charge in [-0.15, -0.1) is 0 Å². The molecule has 0 atom stereocenters. The lowest BCUT2D eigenvalue weighted by molar-refractivity contribution is -0.137. The summed E-state index contributed by atoms with van der Waals surface area (Å²) >= 11 is 0. The van der Waals surface area contributed by atoms with Gasteiger partial charge < -0.3 is 5.73 Å². The first kappa shape index (κ1) is 11.3. The first-order valence-corrected chi connectivity index (χ1v) is 4.52. The molecule has 0 aliphatic rings. The number of benzene rings is 1. The number of fused-ring (bicyclic) bond motifs is 1. The summed E-state index contributed by atoms with van der Waals surface area (Å²) in [5, 5.41) is 0.199. The highest BCUT2D eigenvalue weighted by Crippen LogP contribution is 2.30. The summed E-state index contributed by atoms with van der Waals surface area (Å²) in [7, 11) is 0. The predicted octanol–water partition coefficient (Wildman–Crippen LogP) is 1.75. The summed E-state index contributed by atoms with van der Waals surface area (Å²) in [6, 6.07) is 2.98. The highest BCUT2D eigenvalue weighted by molar-refractivity contribution is 5.91. The first-order chi connectivity index (χ1) is 7.88. The van der Waals surface area contributed by atoms with Gasteiger partial charge in [0.1, 0.15) is 0 Å². The van der Waals surface area contributed by atoms with Crippen LogP contribution in [0.4, 0.5) is 13.2 Å². The monoisotopic (exact) mass is 241 g/mol. The number of rotatable bonds is 1. The fraction of sp³-hybridized carbons (Fsp3) is 0.100. The fourth-order valence-electron chi connectivity index (χ4n) is 1.33. The molecule has 4 nitrogen and oxygen atoms in total. The molecule has 1 amide bonds. The first-order valence-electron chi connectivity index (χ1n) is 4.52. The van der Waals surface area contributed by atoms with Gasteiger partial charge in [0, 0.05) is 11.6 Å². The zero-order chi connectivity index (χ0) is 12.6. The molecule has 0 unspecified atom stereocenters. The van der Waals surface area contributed by atoms with Gasteiger partial charge in [-0.25, -0.2) is 9.97 Å². The lowest BCUT2D eigenvalue weighted by Crippen LogP contribution is -2.15. The van der Waals surface area contributed by atoms with Crippen molar-refractivity contribution in [3.05, 3.63) is 35.8 Å². The van der Waals surface area contributed by atoms with Crippen LogP contribution >= 0.6 is 0 Å². The second kappa shape index (κ2) is 3.69. The molecule has 88 valence electrons. The molecular formula is C10H6F3N3O. The maximum absolute atomic E-state index is 12.4. The quantitative estimate of drug-likeness (QED) is 0.826. The Kier molecular flexibility index (Phi) is 2.45. The minimum atomic E-state index is -4.42. The number of amides is 1. The van der Waals surface area contributed by atoms with Crippen LogP contribution in [0.15, 0.2) is 24.4 Å². The van der Waals surface area contributed by atoms with E-state index in [1.807, 2.05) is 0 Å². The van der Waals surface area contributed by atoms with Crippen molar-refractivity contribution in [2.45, 2.75) is 6.18 Å². The molecule has 0 aliphatic heterocycles. The molecule has 17 heavy (non-hydrogen) atoms. The minimum absolute atomic E-state index is 0.199. The van der Waals surface area contributed by atoms with Gasteiger partial charge in [0.25, 0.3) is 5.91 Å². The van der Waals surface area contributed by atoms with Crippen molar-refractivity contribution in [1.82, 2.24) is 9.97 Å². The van der Waals surface area contributed by atoms with Crippen molar-refractivity contribution < 1.29 is 18.0 Å². The van der Waals surface area contributed by atoms with Crippen LogP contribution in [0.25, 0.3) is 10.9 Å². The van der Waals surface area contributed by atoms with Crippen molar-refractivity contribution in [3.8, 4) is 0 Å². The van der Waals surface area contributed by atoms with E-state index in [-0.39, 0.29) is 16.7 Å². The van der Waals surface area contributed by atoms with Crippen LogP contribution in [-0.2, 0) is 6.18 Å². The number of aromatic nitrogens is 2. The van der Waals surface area contributed by atoms with E-state index >= 15 is 0 Å². The Morgan fingerprint density at radius 2 is 2.00 bits per heavy atom. The second-order valence-electron chi connectivity index (χ2n) is 3.33. The highest BCUT2D eigenvalue weighted by atomic mass is 19.4. The Hall–Kier alpha value is -2.18. The summed E-state index contributed by atoms with van der Waals surface area (Å²) in [4.78, 5) is 18.1. The molecule has 0 aliphatic carbocycles. The molecule has 1 aromatic heterocycles. The standard InChI is InChI=1S/C10H6F3N3O/c11-10(12,13)6-1-2-7-5(3-6)4-15-9(16-7)8(14)17/h1-4H,(H2,14,17). The number of carbonyl (C=O) groups excluding carboxylic acids is 1. The van der Waals surface area contributed by atoms with Crippen LogP contribution in [0.3, 0.4) is 0 Å². The Labute approximate surface area is 93.3 Å². The maximum Gasteiger partial charge on any atom is 0.416 e. The van der Waals surface area contributed by atoms with Crippen molar-refractivity contribution in [2.75, 3.05) is 0 Å². The average Bonchev–Trinajstić information content (AvgIpc) is 2.26. The molecule has 0 bridgehead atoms. The van der Waals surface area contributed by atoms with Gasteiger partial charge in [-0.2, -0.15) is 13.2 Å². The van der Waals surface area contributed by atoms with Crippen molar-refractivity contribution in [3.63, 3.8) is 0 Å². The molecule has 1 heterocycles. The van der Waals surface area contributed by atoms with Crippen LogP contribution in [-0.4, -0.2) is 15.9 Å². The van der Waals surface area contributed by atoms with Crippen LogP contribution in [0, 0.1) is 0 Å². The zero-order valence-electron chi connectivity index (χ0n) is 8.32. The van der Waals surface area contributed by atoms with E-state index in [0.717, 1.165) is 18.3 Å². The average molecular weight is 241 g/mol. The molecule has 0 radical (unpaired) electrons. The number of alkyl halides is 3. The van der Waals surface area contributed by atoms with E-state index in [0.29, 0.717) is 0 Å². The maximum atomic E-state index is 12.4. The molecule has 2 aromatic rings. The molecule has 0 saturated carbocycles. The number of hydrogen-bond donors (Lipinski definition) is 1. The smallest absolute Gasteiger partial charge is 0.363 e. The predicted molar refractivity (Wildman–Crippen MR) is 53.1 cm³/mol. The normalized spacial score (nSPS) is 11.7. The van der Waals surface area contributed by atoms with E-state index in [1.54, 1.807) is 0 Å². The van der Waals surface area contributed by atoms with Gasteiger partial charge in [0.2, 0.25) is 5.82 Å². The Balaban J connectivity index is 2.58. The molecule has 1 aromatic carbocycles. The van der Waals surface area contributed by atoms with Gasteiger partial charge in [-0.3, -0.25) is 4.79 Å². The van der Waals surface area contributed by atoms with Crippen molar-refractivity contribution in [1.29, 1.82) is 0 Å². The lowest BCUT2D eigenvalue weighted by atomic mass is 10.1. The second-order valence-corrected chi connectivity index (χ2v) is 3.33.